The van der Waals surface area contributed by atoms with E-state index in [1.54, 1.807) is 6.07 Å². The van der Waals surface area contributed by atoms with Gasteiger partial charge in [-0.2, -0.15) is 0 Å². The third-order valence-electron chi connectivity index (χ3n) is 3.32. The lowest BCUT2D eigenvalue weighted by molar-refractivity contribution is 0.0952. The van der Waals surface area contributed by atoms with E-state index in [4.69, 9.17) is 5.73 Å². The Morgan fingerprint density at radius 3 is 2.84 bits per heavy atom. The molecule has 4 heteroatoms. The van der Waals surface area contributed by atoms with Gasteiger partial charge in [0, 0.05) is 23.5 Å². The van der Waals surface area contributed by atoms with Crippen molar-refractivity contribution in [1.29, 1.82) is 0 Å². The van der Waals surface area contributed by atoms with E-state index in [1.165, 1.54) is 0 Å². The van der Waals surface area contributed by atoms with Crippen LogP contribution in [0.5, 0.6) is 0 Å². The fourth-order valence-corrected chi connectivity index (χ4v) is 2.14. The molecule has 1 aromatic carbocycles. The van der Waals surface area contributed by atoms with Gasteiger partial charge in [0.15, 0.2) is 0 Å². The summed E-state index contributed by atoms with van der Waals surface area (Å²) in [5.41, 5.74) is 7.93. The standard InChI is InChI=1S/C15H23N3O/c1-3-4-10(2)17-14-8-5-11(16)9-13(14)15(19)18-12-6-7-12/h5,8-10,12,17H,3-4,6-7,16H2,1-2H3,(H,18,19). The zero-order valence-electron chi connectivity index (χ0n) is 11.7. The van der Waals surface area contributed by atoms with Crippen LogP contribution >= 0.6 is 0 Å². The summed E-state index contributed by atoms with van der Waals surface area (Å²) >= 11 is 0. The van der Waals surface area contributed by atoms with Crippen LogP contribution in [0.2, 0.25) is 0 Å². The predicted molar refractivity (Wildman–Crippen MR) is 79.3 cm³/mol. The number of hydrogen-bond donors (Lipinski definition) is 3. The SMILES string of the molecule is CCCC(C)Nc1ccc(N)cc1C(=O)NC1CC1. The Balaban J connectivity index is 2.13. The van der Waals surface area contributed by atoms with Crippen LogP contribution in [0.4, 0.5) is 11.4 Å². The second kappa shape index (κ2) is 5.95. The smallest absolute Gasteiger partial charge is 0.253 e. The Bertz CT molecular complexity index is 455. The first-order valence-corrected chi connectivity index (χ1v) is 7.07. The summed E-state index contributed by atoms with van der Waals surface area (Å²) in [6.45, 7) is 4.28. The van der Waals surface area contributed by atoms with Crippen molar-refractivity contribution in [3.63, 3.8) is 0 Å². The molecule has 19 heavy (non-hydrogen) atoms. The largest absolute Gasteiger partial charge is 0.399 e. The Hall–Kier alpha value is -1.71. The van der Waals surface area contributed by atoms with E-state index in [1.807, 2.05) is 12.1 Å². The van der Waals surface area contributed by atoms with Crippen LogP contribution in [-0.2, 0) is 0 Å². The third-order valence-corrected chi connectivity index (χ3v) is 3.32. The van der Waals surface area contributed by atoms with Crippen molar-refractivity contribution < 1.29 is 4.79 Å². The van der Waals surface area contributed by atoms with Crippen molar-refractivity contribution in [2.45, 2.75) is 51.6 Å². The van der Waals surface area contributed by atoms with Gasteiger partial charge in [-0.1, -0.05) is 13.3 Å². The second-order valence-electron chi connectivity index (χ2n) is 5.39. The van der Waals surface area contributed by atoms with E-state index in [0.29, 0.717) is 23.3 Å². The zero-order valence-corrected chi connectivity index (χ0v) is 11.7. The van der Waals surface area contributed by atoms with Crippen molar-refractivity contribution in [3.05, 3.63) is 23.8 Å². The summed E-state index contributed by atoms with van der Waals surface area (Å²) in [7, 11) is 0. The molecule has 1 amide bonds. The highest BCUT2D eigenvalue weighted by Crippen LogP contribution is 2.24. The molecule has 1 aliphatic rings. The van der Waals surface area contributed by atoms with E-state index in [0.717, 1.165) is 31.4 Å². The average molecular weight is 261 g/mol. The van der Waals surface area contributed by atoms with Crippen molar-refractivity contribution >= 4 is 17.3 Å². The molecule has 1 fully saturated rings. The van der Waals surface area contributed by atoms with E-state index in [-0.39, 0.29) is 5.91 Å². The van der Waals surface area contributed by atoms with E-state index >= 15 is 0 Å². The molecule has 0 radical (unpaired) electrons. The number of nitrogens with one attached hydrogen (secondary N) is 2. The highest BCUT2D eigenvalue weighted by Gasteiger charge is 2.25. The van der Waals surface area contributed by atoms with Crippen molar-refractivity contribution in [1.82, 2.24) is 5.32 Å². The monoisotopic (exact) mass is 261 g/mol. The molecule has 0 spiro atoms. The summed E-state index contributed by atoms with van der Waals surface area (Å²) in [4.78, 5) is 12.2. The summed E-state index contributed by atoms with van der Waals surface area (Å²) in [5.74, 6) is -0.0269. The van der Waals surface area contributed by atoms with Gasteiger partial charge < -0.3 is 16.4 Å². The molecule has 104 valence electrons. The van der Waals surface area contributed by atoms with Gasteiger partial charge in [0.2, 0.25) is 0 Å². The molecule has 4 N–H and O–H groups in total. The fraction of sp³-hybridized carbons (Fsp3) is 0.533. The maximum atomic E-state index is 12.2. The summed E-state index contributed by atoms with van der Waals surface area (Å²) in [6.07, 6.45) is 4.37. The van der Waals surface area contributed by atoms with E-state index in [9.17, 15) is 4.79 Å². The van der Waals surface area contributed by atoms with Gasteiger partial charge in [-0.3, -0.25) is 4.79 Å². The van der Waals surface area contributed by atoms with Crippen molar-refractivity contribution in [2.75, 3.05) is 11.1 Å². The normalized spacial score (nSPS) is 15.9. The number of hydrogen-bond acceptors (Lipinski definition) is 3. The molecule has 0 aromatic heterocycles. The molecular formula is C15H23N3O. The minimum absolute atomic E-state index is 0.0269. The molecule has 2 rings (SSSR count). The van der Waals surface area contributed by atoms with Gasteiger partial charge in [-0.25, -0.2) is 0 Å². The quantitative estimate of drug-likeness (QED) is 0.690. The Kier molecular flexibility index (Phi) is 4.30. The van der Waals surface area contributed by atoms with Crippen molar-refractivity contribution in [2.24, 2.45) is 0 Å². The molecular weight excluding hydrogens is 238 g/mol. The van der Waals surface area contributed by atoms with Gasteiger partial charge in [0.1, 0.15) is 0 Å². The number of nitrogen functional groups attached to an aromatic ring is 1. The highest BCUT2D eigenvalue weighted by atomic mass is 16.1. The van der Waals surface area contributed by atoms with Gasteiger partial charge in [-0.15, -0.1) is 0 Å². The van der Waals surface area contributed by atoms with Crippen LogP contribution in [0.3, 0.4) is 0 Å². The van der Waals surface area contributed by atoms with Crippen LogP contribution in [0.15, 0.2) is 18.2 Å². The number of carbonyl (C=O) groups is 1. The van der Waals surface area contributed by atoms with E-state index in [2.05, 4.69) is 24.5 Å². The maximum absolute atomic E-state index is 12.2. The maximum Gasteiger partial charge on any atom is 0.253 e. The van der Waals surface area contributed by atoms with Crippen LogP contribution in [0.1, 0.15) is 49.9 Å². The number of amides is 1. The lowest BCUT2D eigenvalue weighted by Gasteiger charge is -2.18. The number of rotatable bonds is 6. The first kappa shape index (κ1) is 13.7. The number of benzene rings is 1. The van der Waals surface area contributed by atoms with Gasteiger partial charge in [0.05, 0.1) is 5.56 Å². The first-order valence-electron chi connectivity index (χ1n) is 7.07. The second-order valence-corrected chi connectivity index (χ2v) is 5.39. The van der Waals surface area contributed by atoms with Gasteiger partial charge in [-0.05, 0) is 44.4 Å². The zero-order chi connectivity index (χ0) is 13.8. The van der Waals surface area contributed by atoms with Crippen LogP contribution in [-0.4, -0.2) is 18.0 Å². The molecule has 1 aromatic rings. The summed E-state index contributed by atoms with van der Waals surface area (Å²) in [5, 5.41) is 6.41. The number of anilines is 2. The van der Waals surface area contributed by atoms with Gasteiger partial charge >= 0.3 is 0 Å². The molecule has 1 saturated carbocycles. The summed E-state index contributed by atoms with van der Waals surface area (Å²) < 4.78 is 0. The Morgan fingerprint density at radius 2 is 2.21 bits per heavy atom. The van der Waals surface area contributed by atoms with Crippen LogP contribution in [0.25, 0.3) is 0 Å². The molecule has 1 unspecified atom stereocenters. The molecule has 0 aliphatic heterocycles. The Labute approximate surface area is 114 Å². The first-order chi connectivity index (χ1) is 9.10. The molecule has 1 aliphatic carbocycles. The van der Waals surface area contributed by atoms with Crippen LogP contribution < -0.4 is 16.4 Å². The number of carbonyl (C=O) groups excluding carboxylic acids is 1. The fourth-order valence-electron chi connectivity index (χ4n) is 2.14. The topological polar surface area (TPSA) is 67.1 Å². The third kappa shape index (κ3) is 3.88. The molecule has 0 saturated heterocycles. The molecule has 4 nitrogen and oxygen atoms in total. The lowest BCUT2D eigenvalue weighted by Crippen LogP contribution is -2.27. The minimum Gasteiger partial charge on any atom is -0.399 e. The number of nitrogens with two attached hydrogens (primary N) is 1. The minimum atomic E-state index is -0.0269. The van der Waals surface area contributed by atoms with Gasteiger partial charge in [0.25, 0.3) is 5.91 Å². The molecule has 0 bridgehead atoms. The van der Waals surface area contributed by atoms with Crippen molar-refractivity contribution in [3.8, 4) is 0 Å². The summed E-state index contributed by atoms with van der Waals surface area (Å²) in [6, 6.07) is 6.17. The average Bonchev–Trinajstić information content (AvgIpc) is 3.15. The van der Waals surface area contributed by atoms with Crippen LogP contribution in [0, 0.1) is 0 Å². The van der Waals surface area contributed by atoms with E-state index < -0.39 is 0 Å². The highest BCUT2D eigenvalue weighted by molar-refractivity contribution is 6.00. The predicted octanol–water partition coefficient (Wildman–Crippen LogP) is 2.76. The molecule has 1 atom stereocenters. The Morgan fingerprint density at radius 1 is 1.47 bits per heavy atom. The molecule has 0 heterocycles. The lowest BCUT2D eigenvalue weighted by atomic mass is 10.1.